The highest BCUT2D eigenvalue weighted by molar-refractivity contribution is 5.78. The van der Waals surface area contributed by atoms with Crippen LogP contribution >= 0.6 is 0 Å². The predicted octanol–water partition coefficient (Wildman–Crippen LogP) is 3.60. The highest BCUT2D eigenvalue weighted by Gasteiger charge is 2.62. The van der Waals surface area contributed by atoms with Crippen LogP contribution in [0, 0.1) is 0 Å². The Bertz CT molecular complexity index is 565. The van der Waals surface area contributed by atoms with Gasteiger partial charge in [0.1, 0.15) is 12.5 Å². The number of carboxylic acids is 1. The molecule has 1 atom stereocenters. The van der Waals surface area contributed by atoms with E-state index in [1.807, 2.05) is 0 Å². The first-order chi connectivity index (χ1) is 11.3. The summed E-state index contributed by atoms with van der Waals surface area (Å²) >= 11 is 0. The van der Waals surface area contributed by atoms with Crippen molar-refractivity contribution in [2.24, 2.45) is 0 Å². The number of halogens is 3. The van der Waals surface area contributed by atoms with E-state index in [0.717, 1.165) is 0 Å². The zero-order valence-corrected chi connectivity index (χ0v) is 12.7. The molecule has 8 heteroatoms. The molecule has 0 spiro atoms. The van der Waals surface area contributed by atoms with Crippen LogP contribution in [-0.2, 0) is 25.6 Å². The normalized spacial score (nSPS) is 17.1. The summed E-state index contributed by atoms with van der Waals surface area (Å²) in [4.78, 5) is 11.4. The van der Waals surface area contributed by atoms with E-state index in [1.54, 1.807) is 30.3 Å². The summed E-state index contributed by atoms with van der Waals surface area (Å²) in [6.07, 6.45) is -3.89. The van der Waals surface area contributed by atoms with Crippen molar-refractivity contribution >= 4 is 5.97 Å². The number of rotatable bonds is 8. The van der Waals surface area contributed by atoms with Crippen molar-refractivity contribution in [2.75, 3.05) is 0 Å². The quantitative estimate of drug-likeness (QED) is 0.779. The van der Waals surface area contributed by atoms with Gasteiger partial charge in [-0.15, -0.1) is 0 Å². The lowest BCUT2D eigenvalue weighted by Gasteiger charge is -2.32. The average Bonchev–Trinajstić information content (AvgIpc) is 3.03. The molecule has 0 aromatic heterocycles. The van der Waals surface area contributed by atoms with E-state index >= 15 is 0 Å². The smallest absolute Gasteiger partial charge is 0.428 e. The van der Waals surface area contributed by atoms with Crippen molar-refractivity contribution < 1.29 is 37.3 Å². The molecule has 1 aromatic carbocycles. The second-order valence-corrected chi connectivity index (χ2v) is 5.27. The zero-order chi connectivity index (χ0) is 17.6. The standard InChI is InChI=1S/C16H17F3O5/c17-16(18,19)15(14(20)21,8-4-7-13-22-9-10-23-13)24-11-12-5-2-1-3-6-12/h1-3,5-6,9-10,13H,4,7-8,11H2,(H,20,21). The summed E-state index contributed by atoms with van der Waals surface area (Å²) in [5.41, 5.74) is -2.81. The maximum Gasteiger partial charge on any atom is 0.428 e. The van der Waals surface area contributed by atoms with Crippen molar-refractivity contribution in [3.63, 3.8) is 0 Å². The number of benzene rings is 1. The van der Waals surface area contributed by atoms with E-state index in [0.29, 0.717) is 5.56 Å². The van der Waals surface area contributed by atoms with Crippen molar-refractivity contribution in [3.8, 4) is 0 Å². The topological polar surface area (TPSA) is 65.0 Å². The molecule has 0 amide bonds. The molecule has 1 aliphatic heterocycles. The maximum atomic E-state index is 13.4. The van der Waals surface area contributed by atoms with Crippen molar-refractivity contribution in [3.05, 3.63) is 48.4 Å². The molecule has 2 rings (SSSR count). The van der Waals surface area contributed by atoms with Gasteiger partial charge in [0.05, 0.1) is 6.61 Å². The Kier molecular flexibility index (Phi) is 5.71. The lowest BCUT2D eigenvalue weighted by Crippen LogP contribution is -2.54. The Labute approximate surface area is 136 Å². The van der Waals surface area contributed by atoms with Gasteiger partial charge < -0.3 is 19.3 Å². The maximum absolute atomic E-state index is 13.4. The monoisotopic (exact) mass is 346 g/mol. The minimum absolute atomic E-state index is 0.0903. The fourth-order valence-electron chi connectivity index (χ4n) is 2.29. The molecule has 0 saturated carbocycles. The molecule has 0 bridgehead atoms. The number of carbonyl (C=O) groups is 1. The van der Waals surface area contributed by atoms with Gasteiger partial charge in [-0.2, -0.15) is 13.2 Å². The molecular formula is C16H17F3O5. The molecule has 1 heterocycles. The van der Waals surface area contributed by atoms with Crippen LogP contribution in [0.15, 0.2) is 42.9 Å². The van der Waals surface area contributed by atoms with Crippen LogP contribution in [0.5, 0.6) is 0 Å². The van der Waals surface area contributed by atoms with E-state index in [2.05, 4.69) is 0 Å². The fraction of sp³-hybridized carbons (Fsp3) is 0.438. The number of hydrogen-bond donors (Lipinski definition) is 1. The fourth-order valence-corrected chi connectivity index (χ4v) is 2.29. The van der Waals surface area contributed by atoms with Crippen molar-refractivity contribution in [1.82, 2.24) is 0 Å². The Hall–Kier alpha value is -2.22. The highest BCUT2D eigenvalue weighted by atomic mass is 19.4. The highest BCUT2D eigenvalue weighted by Crippen LogP contribution is 2.39. The van der Waals surface area contributed by atoms with Crippen LogP contribution in [0.3, 0.4) is 0 Å². The summed E-state index contributed by atoms with van der Waals surface area (Å²) in [6.45, 7) is -0.454. The molecule has 1 aromatic rings. The van der Waals surface area contributed by atoms with Gasteiger partial charge in [0.25, 0.3) is 5.60 Å². The van der Waals surface area contributed by atoms with Gasteiger partial charge in [0.2, 0.25) is 6.29 Å². The molecule has 1 unspecified atom stereocenters. The van der Waals surface area contributed by atoms with Crippen molar-refractivity contribution in [2.45, 2.75) is 43.9 Å². The van der Waals surface area contributed by atoms with Gasteiger partial charge in [0, 0.05) is 6.42 Å². The summed E-state index contributed by atoms with van der Waals surface area (Å²) in [6, 6.07) is 8.10. The van der Waals surface area contributed by atoms with Gasteiger partial charge in [-0.3, -0.25) is 0 Å². The van der Waals surface area contributed by atoms with Gasteiger partial charge in [0.15, 0.2) is 0 Å². The number of carboxylic acid groups (broad SMARTS) is 1. The van der Waals surface area contributed by atoms with Gasteiger partial charge >= 0.3 is 12.1 Å². The number of hydrogen-bond acceptors (Lipinski definition) is 4. The Morgan fingerprint density at radius 3 is 2.33 bits per heavy atom. The second-order valence-electron chi connectivity index (χ2n) is 5.27. The van der Waals surface area contributed by atoms with Crippen LogP contribution in [0.4, 0.5) is 13.2 Å². The van der Waals surface area contributed by atoms with Crippen LogP contribution in [0.1, 0.15) is 24.8 Å². The molecule has 0 aliphatic carbocycles. The Balaban J connectivity index is 2.05. The predicted molar refractivity (Wildman–Crippen MR) is 76.6 cm³/mol. The van der Waals surface area contributed by atoms with E-state index < -0.39 is 37.1 Å². The minimum Gasteiger partial charge on any atom is -0.479 e. The molecule has 1 aliphatic rings. The zero-order valence-electron chi connectivity index (χ0n) is 12.7. The minimum atomic E-state index is -5.05. The lowest BCUT2D eigenvalue weighted by molar-refractivity contribution is -0.281. The number of alkyl halides is 3. The second kappa shape index (κ2) is 7.57. The van der Waals surface area contributed by atoms with E-state index in [4.69, 9.17) is 14.2 Å². The number of ether oxygens (including phenoxy) is 3. The third kappa shape index (κ3) is 4.19. The molecule has 132 valence electrons. The summed E-state index contributed by atoms with van der Waals surface area (Å²) in [5, 5.41) is 9.21. The summed E-state index contributed by atoms with van der Waals surface area (Å²) < 4.78 is 55.2. The molecule has 0 fully saturated rings. The van der Waals surface area contributed by atoms with Gasteiger partial charge in [-0.25, -0.2) is 4.79 Å². The molecule has 24 heavy (non-hydrogen) atoms. The van der Waals surface area contributed by atoms with Crippen LogP contribution in [0.2, 0.25) is 0 Å². The summed E-state index contributed by atoms with van der Waals surface area (Å²) in [7, 11) is 0. The van der Waals surface area contributed by atoms with Gasteiger partial charge in [-0.1, -0.05) is 30.3 Å². The molecular weight excluding hydrogens is 329 g/mol. The largest absolute Gasteiger partial charge is 0.479 e. The SMILES string of the molecule is O=C(O)C(CCCC1OC=CO1)(OCc1ccccc1)C(F)(F)F. The number of aliphatic carboxylic acids is 1. The summed E-state index contributed by atoms with van der Waals surface area (Å²) in [5.74, 6) is -2.06. The van der Waals surface area contributed by atoms with Crippen LogP contribution in [-0.4, -0.2) is 29.1 Å². The molecule has 0 radical (unpaired) electrons. The Morgan fingerprint density at radius 1 is 1.17 bits per heavy atom. The van der Waals surface area contributed by atoms with E-state index in [-0.39, 0.29) is 12.8 Å². The molecule has 1 N–H and O–H groups in total. The Morgan fingerprint density at radius 2 is 1.79 bits per heavy atom. The van der Waals surface area contributed by atoms with Gasteiger partial charge in [-0.05, 0) is 18.4 Å². The van der Waals surface area contributed by atoms with E-state index in [1.165, 1.54) is 12.5 Å². The first-order valence-electron chi connectivity index (χ1n) is 7.29. The molecule has 0 saturated heterocycles. The lowest BCUT2D eigenvalue weighted by atomic mass is 9.95. The van der Waals surface area contributed by atoms with Crippen LogP contribution in [0.25, 0.3) is 0 Å². The van der Waals surface area contributed by atoms with Crippen molar-refractivity contribution in [1.29, 1.82) is 0 Å². The molecule has 5 nitrogen and oxygen atoms in total. The first-order valence-corrected chi connectivity index (χ1v) is 7.29. The average molecular weight is 346 g/mol. The third-order valence-corrected chi connectivity index (χ3v) is 3.62. The first kappa shape index (κ1) is 18.1. The van der Waals surface area contributed by atoms with Crippen LogP contribution < -0.4 is 0 Å². The third-order valence-electron chi connectivity index (χ3n) is 3.62. The van der Waals surface area contributed by atoms with E-state index in [9.17, 15) is 23.1 Å².